The van der Waals surface area contributed by atoms with Crippen molar-refractivity contribution in [1.82, 2.24) is 9.71 Å². The standard InChI is InChI=1S/C8H13ClN2O3S3/c1-5(6(4-12)15-2)11-17(13,14)7-3-10-8(9)16-7/h3,5-6,11-12H,4H2,1-2H3. The molecule has 2 N–H and O–H groups in total. The first kappa shape index (κ1) is 15.2. The third-order valence-electron chi connectivity index (χ3n) is 2.10. The molecule has 98 valence electrons. The zero-order valence-electron chi connectivity index (χ0n) is 9.25. The number of thiazole rings is 1. The summed E-state index contributed by atoms with van der Waals surface area (Å²) in [5.74, 6) is 0. The van der Waals surface area contributed by atoms with E-state index in [2.05, 4.69) is 9.71 Å². The van der Waals surface area contributed by atoms with E-state index < -0.39 is 10.0 Å². The molecule has 0 saturated heterocycles. The first-order valence-corrected chi connectivity index (χ1v) is 8.64. The molecule has 0 fully saturated rings. The average Bonchev–Trinajstić information content (AvgIpc) is 2.66. The van der Waals surface area contributed by atoms with Gasteiger partial charge >= 0.3 is 0 Å². The second-order valence-electron chi connectivity index (χ2n) is 3.30. The number of sulfonamides is 1. The summed E-state index contributed by atoms with van der Waals surface area (Å²) >= 11 is 7.89. The largest absolute Gasteiger partial charge is 0.395 e. The van der Waals surface area contributed by atoms with Gasteiger partial charge in [0.1, 0.15) is 0 Å². The van der Waals surface area contributed by atoms with Crippen molar-refractivity contribution in [1.29, 1.82) is 0 Å². The number of halogens is 1. The molecule has 0 spiro atoms. The zero-order chi connectivity index (χ0) is 13.1. The van der Waals surface area contributed by atoms with Gasteiger partial charge in [0.2, 0.25) is 0 Å². The molecule has 1 aromatic heterocycles. The maximum absolute atomic E-state index is 11.9. The van der Waals surface area contributed by atoms with E-state index in [1.807, 2.05) is 6.26 Å². The topological polar surface area (TPSA) is 79.3 Å². The van der Waals surface area contributed by atoms with Crippen molar-refractivity contribution in [3.8, 4) is 0 Å². The molecule has 2 atom stereocenters. The van der Waals surface area contributed by atoms with Crippen molar-refractivity contribution < 1.29 is 13.5 Å². The molecule has 17 heavy (non-hydrogen) atoms. The molecule has 5 nitrogen and oxygen atoms in total. The van der Waals surface area contributed by atoms with Crippen LogP contribution in [-0.4, -0.2) is 42.7 Å². The van der Waals surface area contributed by atoms with E-state index in [-0.39, 0.29) is 26.6 Å². The summed E-state index contributed by atoms with van der Waals surface area (Å²) in [6, 6.07) is -0.374. The van der Waals surface area contributed by atoms with Gasteiger partial charge in [-0.3, -0.25) is 0 Å². The number of aromatic nitrogens is 1. The quantitative estimate of drug-likeness (QED) is 0.824. The second-order valence-corrected chi connectivity index (χ2v) is 7.93. The normalized spacial score (nSPS) is 15.8. The number of aliphatic hydroxyl groups is 1. The van der Waals surface area contributed by atoms with E-state index in [4.69, 9.17) is 16.7 Å². The van der Waals surface area contributed by atoms with E-state index >= 15 is 0 Å². The molecule has 0 saturated carbocycles. The third kappa shape index (κ3) is 4.08. The highest BCUT2D eigenvalue weighted by Crippen LogP contribution is 2.23. The Balaban J connectivity index is 2.80. The fraction of sp³-hybridized carbons (Fsp3) is 0.625. The molecule has 1 heterocycles. The molecule has 0 bridgehead atoms. The van der Waals surface area contributed by atoms with Gasteiger partial charge in [0, 0.05) is 11.3 Å². The minimum absolute atomic E-state index is 0.0761. The number of rotatable bonds is 6. The number of nitrogens with one attached hydrogen (secondary N) is 1. The predicted molar refractivity (Wildman–Crippen MR) is 71.3 cm³/mol. The highest BCUT2D eigenvalue weighted by atomic mass is 35.5. The summed E-state index contributed by atoms with van der Waals surface area (Å²) in [5, 5.41) is 8.89. The Morgan fingerprint density at radius 2 is 2.35 bits per heavy atom. The zero-order valence-corrected chi connectivity index (χ0v) is 12.5. The van der Waals surface area contributed by atoms with Gasteiger partial charge in [-0.25, -0.2) is 18.1 Å². The van der Waals surface area contributed by atoms with Gasteiger partial charge in [0.15, 0.2) is 8.68 Å². The molecular formula is C8H13ClN2O3S3. The van der Waals surface area contributed by atoms with Crippen LogP contribution in [0.5, 0.6) is 0 Å². The summed E-state index contributed by atoms with van der Waals surface area (Å²) in [4.78, 5) is 3.69. The smallest absolute Gasteiger partial charge is 0.251 e. The van der Waals surface area contributed by atoms with Gasteiger partial charge in [-0.05, 0) is 13.2 Å². The van der Waals surface area contributed by atoms with Crippen molar-refractivity contribution in [3.05, 3.63) is 10.7 Å². The van der Waals surface area contributed by atoms with Crippen LogP contribution in [0.1, 0.15) is 6.92 Å². The lowest BCUT2D eigenvalue weighted by Crippen LogP contribution is -2.40. The van der Waals surface area contributed by atoms with Crippen molar-refractivity contribution in [2.75, 3.05) is 12.9 Å². The molecule has 0 amide bonds. The molecule has 2 unspecified atom stereocenters. The van der Waals surface area contributed by atoms with Crippen LogP contribution in [0.15, 0.2) is 10.4 Å². The van der Waals surface area contributed by atoms with Crippen LogP contribution < -0.4 is 4.72 Å². The number of aliphatic hydroxyl groups excluding tert-OH is 1. The van der Waals surface area contributed by atoms with Gasteiger partial charge in [0.05, 0.1) is 12.8 Å². The van der Waals surface area contributed by atoms with Crippen molar-refractivity contribution in [2.24, 2.45) is 0 Å². The minimum Gasteiger partial charge on any atom is -0.395 e. The highest BCUT2D eigenvalue weighted by molar-refractivity contribution is 7.99. The molecular weight excluding hydrogens is 304 g/mol. The van der Waals surface area contributed by atoms with Crippen LogP contribution in [-0.2, 0) is 10.0 Å². The average molecular weight is 317 g/mol. The maximum Gasteiger partial charge on any atom is 0.251 e. The predicted octanol–water partition coefficient (Wildman–Crippen LogP) is 1.19. The first-order chi connectivity index (χ1) is 7.90. The van der Waals surface area contributed by atoms with Gasteiger partial charge < -0.3 is 5.11 Å². The molecule has 0 radical (unpaired) electrons. The maximum atomic E-state index is 11.9. The van der Waals surface area contributed by atoms with Crippen LogP contribution >= 0.6 is 34.7 Å². The molecule has 1 rings (SSSR count). The summed E-state index contributed by atoms with van der Waals surface area (Å²) in [6.07, 6.45) is 3.03. The Kier molecular flexibility index (Phi) is 5.68. The van der Waals surface area contributed by atoms with Crippen LogP contribution in [0.25, 0.3) is 0 Å². The third-order valence-corrected chi connectivity index (χ3v) is 6.40. The lowest BCUT2D eigenvalue weighted by Gasteiger charge is -2.20. The molecule has 0 aliphatic heterocycles. The van der Waals surface area contributed by atoms with E-state index in [1.54, 1.807) is 6.92 Å². The lowest BCUT2D eigenvalue weighted by molar-refractivity contribution is 0.282. The fourth-order valence-electron chi connectivity index (χ4n) is 1.18. The van der Waals surface area contributed by atoms with Gasteiger partial charge in [-0.1, -0.05) is 22.9 Å². The Morgan fingerprint density at radius 3 is 2.76 bits per heavy atom. The van der Waals surface area contributed by atoms with Crippen LogP contribution in [0, 0.1) is 0 Å². The monoisotopic (exact) mass is 316 g/mol. The van der Waals surface area contributed by atoms with Gasteiger partial charge in [-0.2, -0.15) is 11.8 Å². The molecule has 1 aromatic rings. The highest BCUT2D eigenvalue weighted by Gasteiger charge is 2.24. The van der Waals surface area contributed by atoms with E-state index in [0.29, 0.717) is 0 Å². The molecule has 9 heteroatoms. The molecule has 0 aliphatic rings. The fourth-order valence-corrected chi connectivity index (χ4v) is 4.48. The van der Waals surface area contributed by atoms with E-state index in [1.165, 1.54) is 18.0 Å². The van der Waals surface area contributed by atoms with Crippen molar-refractivity contribution in [2.45, 2.75) is 22.4 Å². The molecule has 0 aliphatic carbocycles. The van der Waals surface area contributed by atoms with E-state index in [9.17, 15) is 8.42 Å². The Labute approximate surface area is 114 Å². The second kappa shape index (κ2) is 6.35. The number of nitrogens with zero attached hydrogens (tertiary/aromatic N) is 1. The van der Waals surface area contributed by atoms with Crippen LogP contribution in [0.3, 0.4) is 0 Å². The SMILES string of the molecule is CSC(CO)C(C)NS(=O)(=O)c1cnc(Cl)s1. The van der Waals surface area contributed by atoms with Crippen LogP contribution in [0.2, 0.25) is 4.47 Å². The Hall–Kier alpha value is 0.140. The first-order valence-electron chi connectivity index (χ1n) is 4.68. The Morgan fingerprint density at radius 1 is 1.71 bits per heavy atom. The molecule has 0 aromatic carbocycles. The van der Waals surface area contributed by atoms with Crippen molar-refractivity contribution >= 4 is 44.7 Å². The summed E-state index contributed by atoms with van der Waals surface area (Å²) in [5.41, 5.74) is 0. The summed E-state index contributed by atoms with van der Waals surface area (Å²) < 4.78 is 26.6. The Bertz CT molecular complexity index is 458. The van der Waals surface area contributed by atoms with E-state index in [0.717, 1.165) is 11.3 Å². The van der Waals surface area contributed by atoms with Gasteiger partial charge in [0.25, 0.3) is 10.0 Å². The summed E-state index contributed by atoms with van der Waals surface area (Å²) in [7, 11) is -3.61. The van der Waals surface area contributed by atoms with Crippen molar-refractivity contribution in [3.63, 3.8) is 0 Å². The lowest BCUT2D eigenvalue weighted by atomic mass is 10.3. The number of hydrogen-bond acceptors (Lipinski definition) is 6. The summed E-state index contributed by atoms with van der Waals surface area (Å²) in [6.45, 7) is 1.62. The van der Waals surface area contributed by atoms with Gasteiger partial charge in [-0.15, -0.1) is 0 Å². The number of hydrogen-bond donors (Lipinski definition) is 2. The number of thioether (sulfide) groups is 1. The van der Waals surface area contributed by atoms with Crippen LogP contribution in [0.4, 0.5) is 0 Å². The minimum atomic E-state index is -3.61.